The molecule has 0 saturated carbocycles. The first-order valence-electron chi connectivity index (χ1n) is 7.10. The van der Waals surface area contributed by atoms with Crippen LogP contribution in [-0.2, 0) is 12.4 Å². The number of hydrogen-bond acceptors (Lipinski definition) is 0. The minimum absolute atomic E-state index is 0.0855. The molecule has 1 rings (SSSR count). The zero-order valence-corrected chi connectivity index (χ0v) is 12.2. The fourth-order valence-electron chi connectivity index (χ4n) is 1.98. The summed E-state index contributed by atoms with van der Waals surface area (Å²) in [5.41, 5.74) is -2.65. The molecule has 0 bridgehead atoms. The van der Waals surface area contributed by atoms with E-state index >= 15 is 0 Å². The maximum atomic E-state index is 12.7. The van der Waals surface area contributed by atoms with Crippen molar-refractivity contribution in [2.24, 2.45) is 0 Å². The largest absolute Gasteiger partial charge is 0.416 e. The molecule has 0 atom stereocenters. The van der Waals surface area contributed by atoms with E-state index < -0.39 is 23.5 Å². The van der Waals surface area contributed by atoms with E-state index in [0.717, 1.165) is 37.8 Å². The van der Waals surface area contributed by atoms with Crippen LogP contribution in [0, 0.1) is 0 Å². The van der Waals surface area contributed by atoms with Crippen LogP contribution in [-0.4, -0.2) is 0 Å². The van der Waals surface area contributed by atoms with Crippen LogP contribution in [0.2, 0.25) is 0 Å². The molecule has 1 aromatic carbocycles. The number of unbranched alkanes of at least 4 members (excludes halogenated alkanes) is 4. The molecule has 0 nitrogen and oxygen atoms in total. The Balaban J connectivity index is 2.92. The van der Waals surface area contributed by atoms with Crippen LogP contribution in [0.1, 0.15) is 55.7 Å². The predicted octanol–water partition coefficient (Wildman–Crippen LogP) is 6.71. The second-order valence-corrected chi connectivity index (χ2v) is 5.09. The average molecular weight is 324 g/mol. The first kappa shape index (κ1) is 18.6. The molecule has 0 N–H and O–H groups in total. The van der Waals surface area contributed by atoms with E-state index in [-0.39, 0.29) is 11.6 Å². The number of allylic oxidation sites excluding steroid dienone is 1. The fourth-order valence-corrected chi connectivity index (χ4v) is 1.98. The quantitative estimate of drug-likeness (QED) is 0.403. The molecule has 0 saturated heterocycles. The molecular formula is C16H18F6. The number of halogens is 6. The lowest BCUT2D eigenvalue weighted by Gasteiger charge is -2.12. The molecule has 0 fully saturated rings. The maximum Gasteiger partial charge on any atom is 0.416 e. The van der Waals surface area contributed by atoms with E-state index in [1.807, 2.05) is 0 Å². The van der Waals surface area contributed by atoms with Gasteiger partial charge >= 0.3 is 12.4 Å². The van der Waals surface area contributed by atoms with Gasteiger partial charge in [-0.3, -0.25) is 0 Å². The highest BCUT2D eigenvalue weighted by molar-refractivity contribution is 5.53. The number of hydrogen-bond donors (Lipinski definition) is 0. The van der Waals surface area contributed by atoms with E-state index in [1.54, 1.807) is 6.08 Å². The van der Waals surface area contributed by atoms with Crippen molar-refractivity contribution in [2.75, 3.05) is 0 Å². The van der Waals surface area contributed by atoms with Crippen LogP contribution in [0.15, 0.2) is 24.3 Å². The molecule has 0 aliphatic carbocycles. The predicted molar refractivity (Wildman–Crippen MR) is 74.2 cm³/mol. The van der Waals surface area contributed by atoms with Crippen molar-refractivity contribution in [1.29, 1.82) is 0 Å². The molecule has 0 aromatic heterocycles. The molecular weight excluding hydrogens is 306 g/mol. The van der Waals surface area contributed by atoms with Gasteiger partial charge in [-0.05, 0) is 36.6 Å². The summed E-state index contributed by atoms with van der Waals surface area (Å²) in [7, 11) is 0. The molecule has 0 aliphatic rings. The molecule has 0 heterocycles. The standard InChI is InChI=1S/C16H18F6/c1-2-3-4-5-6-7-8-12-9-13(15(17,18)19)11-14(10-12)16(20,21)22/h7-11H,2-6H2,1H3/b8-7-. The topological polar surface area (TPSA) is 0 Å². The second-order valence-electron chi connectivity index (χ2n) is 5.09. The van der Waals surface area contributed by atoms with E-state index in [4.69, 9.17) is 0 Å². The van der Waals surface area contributed by atoms with Crippen molar-refractivity contribution in [1.82, 2.24) is 0 Å². The highest BCUT2D eigenvalue weighted by Gasteiger charge is 2.36. The normalized spacial score (nSPS) is 13.0. The number of rotatable bonds is 6. The molecule has 1 aromatic rings. The van der Waals surface area contributed by atoms with Crippen molar-refractivity contribution in [3.05, 3.63) is 41.0 Å². The van der Waals surface area contributed by atoms with Crippen molar-refractivity contribution >= 4 is 6.08 Å². The van der Waals surface area contributed by atoms with Crippen LogP contribution in [0.5, 0.6) is 0 Å². The SMILES string of the molecule is CCCCCC/C=C\c1cc(C(F)(F)F)cc(C(F)(F)F)c1. The van der Waals surface area contributed by atoms with Crippen molar-refractivity contribution < 1.29 is 26.3 Å². The first-order valence-corrected chi connectivity index (χ1v) is 7.10. The van der Waals surface area contributed by atoms with Gasteiger partial charge in [0.2, 0.25) is 0 Å². The highest BCUT2D eigenvalue weighted by Crippen LogP contribution is 2.36. The third kappa shape index (κ3) is 6.12. The van der Waals surface area contributed by atoms with E-state index in [1.165, 1.54) is 6.08 Å². The summed E-state index contributed by atoms with van der Waals surface area (Å²) in [6.07, 6.45) is -2.04. The second kappa shape index (κ2) is 7.70. The van der Waals surface area contributed by atoms with Crippen LogP contribution in [0.4, 0.5) is 26.3 Å². The van der Waals surface area contributed by atoms with Gasteiger partial charge in [0.05, 0.1) is 11.1 Å². The van der Waals surface area contributed by atoms with Gasteiger partial charge in [0.1, 0.15) is 0 Å². The average Bonchev–Trinajstić information content (AvgIpc) is 2.40. The zero-order valence-electron chi connectivity index (χ0n) is 12.2. The van der Waals surface area contributed by atoms with Gasteiger partial charge in [-0.2, -0.15) is 26.3 Å². The van der Waals surface area contributed by atoms with Crippen molar-refractivity contribution in [3.8, 4) is 0 Å². The van der Waals surface area contributed by atoms with Crippen LogP contribution >= 0.6 is 0 Å². The first-order chi connectivity index (χ1) is 10.1. The summed E-state index contributed by atoms with van der Waals surface area (Å²) in [4.78, 5) is 0. The molecule has 0 radical (unpaired) electrons. The lowest BCUT2D eigenvalue weighted by Crippen LogP contribution is -2.11. The Labute approximate surface area is 125 Å². The Morgan fingerprint density at radius 1 is 0.818 bits per heavy atom. The fraction of sp³-hybridized carbons (Fsp3) is 0.500. The van der Waals surface area contributed by atoms with E-state index in [2.05, 4.69) is 6.92 Å². The van der Waals surface area contributed by atoms with Gasteiger partial charge in [0.15, 0.2) is 0 Å². The Kier molecular flexibility index (Phi) is 6.50. The zero-order chi connectivity index (χ0) is 16.8. The van der Waals surface area contributed by atoms with Crippen molar-refractivity contribution in [3.63, 3.8) is 0 Å². The minimum atomic E-state index is -4.80. The van der Waals surface area contributed by atoms with Gasteiger partial charge in [0.25, 0.3) is 0 Å². The van der Waals surface area contributed by atoms with Gasteiger partial charge in [0, 0.05) is 0 Å². The van der Waals surface area contributed by atoms with Gasteiger partial charge in [-0.15, -0.1) is 0 Å². The number of benzene rings is 1. The van der Waals surface area contributed by atoms with Gasteiger partial charge in [-0.1, -0.05) is 38.3 Å². The molecule has 0 unspecified atom stereocenters. The molecule has 124 valence electrons. The van der Waals surface area contributed by atoms with Crippen molar-refractivity contribution in [2.45, 2.75) is 51.4 Å². The molecule has 22 heavy (non-hydrogen) atoms. The molecule has 6 heteroatoms. The molecule has 0 amide bonds. The number of alkyl halides is 6. The lowest BCUT2D eigenvalue weighted by atomic mass is 10.0. The summed E-state index contributed by atoms with van der Waals surface area (Å²) in [5, 5.41) is 0. The molecule has 0 aliphatic heterocycles. The highest BCUT2D eigenvalue weighted by atomic mass is 19.4. The Bertz CT molecular complexity index is 464. The Hall–Kier alpha value is -1.46. The molecule has 0 spiro atoms. The summed E-state index contributed by atoms with van der Waals surface area (Å²) in [5.74, 6) is 0. The summed E-state index contributed by atoms with van der Waals surface area (Å²) in [6, 6.07) is 1.61. The van der Waals surface area contributed by atoms with Gasteiger partial charge in [-0.25, -0.2) is 0 Å². The minimum Gasteiger partial charge on any atom is -0.166 e. The van der Waals surface area contributed by atoms with Gasteiger partial charge < -0.3 is 0 Å². The Morgan fingerprint density at radius 2 is 1.36 bits per heavy atom. The third-order valence-corrected chi connectivity index (χ3v) is 3.14. The summed E-state index contributed by atoms with van der Waals surface area (Å²) in [6.45, 7) is 2.05. The van der Waals surface area contributed by atoms with Crippen LogP contribution < -0.4 is 0 Å². The monoisotopic (exact) mass is 324 g/mol. The summed E-state index contributed by atoms with van der Waals surface area (Å²) < 4.78 is 76.0. The summed E-state index contributed by atoms with van der Waals surface area (Å²) >= 11 is 0. The van der Waals surface area contributed by atoms with E-state index in [9.17, 15) is 26.3 Å². The maximum absolute atomic E-state index is 12.7. The lowest BCUT2D eigenvalue weighted by molar-refractivity contribution is -0.143. The van der Waals surface area contributed by atoms with Crippen LogP contribution in [0.3, 0.4) is 0 Å². The smallest absolute Gasteiger partial charge is 0.166 e. The van der Waals surface area contributed by atoms with Crippen LogP contribution in [0.25, 0.3) is 6.08 Å². The Morgan fingerprint density at radius 3 is 1.82 bits per heavy atom. The third-order valence-electron chi connectivity index (χ3n) is 3.14. The van der Waals surface area contributed by atoms with E-state index in [0.29, 0.717) is 6.42 Å².